The van der Waals surface area contributed by atoms with Crippen LogP contribution in [0.25, 0.3) is 0 Å². The van der Waals surface area contributed by atoms with E-state index < -0.39 is 6.04 Å². The molecule has 1 N–H and O–H groups in total. The van der Waals surface area contributed by atoms with Gasteiger partial charge in [0.15, 0.2) is 0 Å². The van der Waals surface area contributed by atoms with E-state index in [0.717, 1.165) is 75.3 Å². The first-order chi connectivity index (χ1) is 19.9. The summed E-state index contributed by atoms with van der Waals surface area (Å²) in [7, 11) is 0. The maximum absolute atomic E-state index is 13.9. The van der Waals surface area contributed by atoms with Crippen LogP contribution in [0.5, 0.6) is 5.75 Å². The van der Waals surface area contributed by atoms with Crippen molar-refractivity contribution >= 4 is 35.1 Å². The van der Waals surface area contributed by atoms with E-state index in [1.54, 1.807) is 0 Å². The van der Waals surface area contributed by atoms with Gasteiger partial charge in [-0.15, -0.1) is 0 Å². The van der Waals surface area contributed by atoms with Gasteiger partial charge in [0.25, 0.3) is 0 Å². The van der Waals surface area contributed by atoms with Crippen molar-refractivity contribution in [2.75, 3.05) is 52.4 Å². The number of amides is 3. The molecule has 9 heteroatoms. The molecule has 1 atom stereocenters. The first-order valence-electron chi connectivity index (χ1n) is 15.1. The summed E-state index contributed by atoms with van der Waals surface area (Å²) in [4.78, 5) is 33.1. The van der Waals surface area contributed by atoms with E-state index >= 15 is 0 Å². The third kappa shape index (κ3) is 7.88. The topological polar surface area (TPSA) is 65.1 Å². The van der Waals surface area contributed by atoms with Crippen LogP contribution in [0.15, 0.2) is 36.4 Å². The SMILES string of the molecule is Cc1cc(Cl)ccc1C[C@@H](NC(=O)N1CCCC1)C(=O)N1CCC(c2ccc(Cl)cc2OCCN2CCCC2)CC1. The van der Waals surface area contributed by atoms with Gasteiger partial charge >= 0.3 is 6.03 Å². The van der Waals surface area contributed by atoms with Crippen molar-refractivity contribution in [1.29, 1.82) is 0 Å². The number of hydrogen-bond acceptors (Lipinski definition) is 4. The number of nitrogens with one attached hydrogen (secondary N) is 1. The highest BCUT2D eigenvalue weighted by molar-refractivity contribution is 6.31. The lowest BCUT2D eigenvalue weighted by Gasteiger charge is -2.35. The molecule has 0 aliphatic carbocycles. The molecule has 3 fully saturated rings. The van der Waals surface area contributed by atoms with E-state index in [1.165, 1.54) is 18.4 Å². The van der Waals surface area contributed by atoms with Crippen LogP contribution >= 0.6 is 23.2 Å². The predicted octanol–water partition coefficient (Wildman–Crippen LogP) is 5.90. The number of piperidine rings is 1. The second-order valence-corrected chi connectivity index (χ2v) is 12.5. The van der Waals surface area contributed by atoms with Crippen LogP contribution in [0.2, 0.25) is 10.0 Å². The summed E-state index contributed by atoms with van der Waals surface area (Å²) in [6.45, 7) is 8.61. The number of nitrogens with zero attached hydrogens (tertiary/aromatic N) is 3. The molecule has 2 aromatic rings. The highest BCUT2D eigenvalue weighted by Gasteiger charge is 2.32. The number of rotatable bonds is 9. The molecule has 0 aromatic heterocycles. The molecule has 3 saturated heterocycles. The summed E-state index contributed by atoms with van der Waals surface area (Å²) in [5, 5.41) is 4.41. The Bertz CT molecular complexity index is 1210. The van der Waals surface area contributed by atoms with Gasteiger partial charge in [-0.25, -0.2) is 4.79 Å². The number of halogens is 2. The first-order valence-corrected chi connectivity index (χ1v) is 15.9. The summed E-state index contributed by atoms with van der Waals surface area (Å²) in [5.74, 6) is 1.12. The summed E-state index contributed by atoms with van der Waals surface area (Å²) in [6.07, 6.45) is 6.65. The average molecular weight is 602 g/mol. The van der Waals surface area contributed by atoms with Gasteiger partial charge in [-0.05, 0) is 105 Å². The lowest BCUT2D eigenvalue weighted by atomic mass is 9.88. The van der Waals surface area contributed by atoms with Gasteiger partial charge in [0.2, 0.25) is 5.91 Å². The van der Waals surface area contributed by atoms with E-state index in [1.807, 2.05) is 47.1 Å². The van der Waals surface area contributed by atoms with Gasteiger partial charge in [-0.2, -0.15) is 0 Å². The van der Waals surface area contributed by atoms with Crippen LogP contribution in [0.4, 0.5) is 4.79 Å². The molecular formula is C32H42Cl2N4O3. The number of ether oxygens (including phenoxy) is 1. The molecule has 222 valence electrons. The molecule has 0 spiro atoms. The molecule has 0 radical (unpaired) electrons. The van der Waals surface area contributed by atoms with Crippen LogP contribution in [-0.2, 0) is 11.2 Å². The summed E-state index contributed by atoms with van der Waals surface area (Å²) < 4.78 is 6.26. The van der Waals surface area contributed by atoms with Crippen molar-refractivity contribution in [2.45, 2.75) is 63.8 Å². The molecular weight excluding hydrogens is 559 g/mol. The number of carbonyl (C=O) groups is 2. The Morgan fingerprint density at radius 2 is 1.56 bits per heavy atom. The van der Waals surface area contributed by atoms with Crippen molar-refractivity contribution in [2.24, 2.45) is 0 Å². The fraction of sp³-hybridized carbons (Fsp3) is 0.562. The monoisotopic (exact) mass is 600 g/mol. The van der Waals surface area contributed by atoms with Crippen molar-refractivity contribution in [3.63, 3.8) is 0 Å². The Kier molecular flexibility index (Phi) is 10.3. The lowest BCUT2D eigenvalue weighted by molar-refractivity contribution is -0.134. The van der Waals surface area contributed by atoms with Crippen LogP contribution in [0.3, 0.4) is 0 Å². The number of benzene rings is 2. The molecule has 5 rings (SSSR count). The van der Waals surface area contributed by atoms with Crippen LogP contribution in [-0.4, -0.2) is 85.1 Å². The highest BCUT2D eigenvalue weighted by atomic mass is 35.5. The zero-order chi connectivity index (χ0) is 28.8. The fourth-order valence-corrected chi connectivity index (χ4v) is 6.75. The summed E-state index contributed by atoms with van der Waals surface area (Å²) in [6, 6.07) is 10.9. The maximum Gasteiger partial charge on any atom is 0.318 e. The lowest BCUT2D eigenvalue weighted by Crippen LogP contribution is -2.54. The van der Waals surface area contributed by atoms with Crippen molar-refractivity contribution < 1.29 is 14.3 Å². The Morgan fingerprint density at radius 1 is 0.902 bits per heavy atom. The largest absolute Gasteiger partial charge is 0.492 e. The Balaban J connectivity index is 1.23. The maximum atomic E-state index is 13.9. The average Bonchev–Trinajstić information content (AvgIpc) is 3.69. The van der Waals surface area contributed by atoms with E-state index in [9.17, 15) is 9.59 Å². The Morgan fingerprint density at radius 3 is 2.27 bits per heavy atom. The zero-order valence-electron chi connectivity index (χ0n) is 24.0. The second-order valence-electron chi connectivity index (χ2n) is 11.7. The van der Waals surface area contributed by atoms with Crippen molar-refractivity contribution in [1.82, 2.24) is 20.0 Å². The third-order valence-electron chi connectivity index (χ3n) is 8.80. The van der Waals surface area contributed by atoms with Gasteiger partial charge < -0.3 is 19.9 Å². The first kappa shape index (κ1) is 30.0. The Hall–Kier alpha value is -2.48. The molecule has 7 nitrogen and oxygen atoms in total. The molecule has 0 saturated carbocycles. The van der Waals surface area contributed by atoms with Crippen LogP contribution < -0.4 is 10.1 Å². The van der Waals surface area contributed by atoms with Crippen molar-refractivity contribution in [3.05, 3.63) is 63.1 Å². The number of likely N-dealkylation sites (tertiary alicyclic amines) is 3. The van der Waals surface area contributed by atoms with Gasteiger partial charge in [0.05, 0.1) is 0 Å². The number of hydrogen-bond donors (Lipinski definition) is 1. The van der Waals surface area contributed by atoms with E-state index in [-0.39, 0.29) is 17.9 Å². The minimum Gasteiger partial charge on any atom is -0.492 e. The van der Waals surface area contributed by atoms with Gasteiger partial charge in [0, 0.05) is 49.2 Å². The molecule has 3 heterocycles. The van der Waals surface area contributed by atoms with Crippen LogP contribution in [0, 0.1) is 6.92 Å². The number of aryl methyl sites for hydroxylation is 1. The predicted molar refractivity (Wildman–Crippen MR) is 164 cm³/mol. The second kappa shape index (κ2) is 14.1. The third-order valence-corrected chi connectivity index (χ3v) is 9.27. The smallest absolute Gasteiger partial charge is 0.318 e. The zero-order valence-corrected chi connectivity index (χ0v) is 25.6. The Labute approximate surface area is 254 Å². The minimum absolute atomic E-state index is 0.0245. The van der Waals surface area contributed by atoms with E-state index in [0.29, 0.717) is 36.2 Å². The molecule has 2 aromatic carbocycles. The summed E-state index contributed by atoms with van der Waals surface area (Å²) >= 11 is 12.5. The normalized spacial score (nSPS) is 19.0. The summed E-state index contributed by atoms with van der Waals surface area (Å²) in [5.41, 5.74) is 3.20. The fourth-order valence-electron chi connectivity index (χ4n) is 6.36. The quantitative estimate of drug-likeness (QED) is 0.389. The van der Waals surface area contributed by atoms with E-state index in [4.69, 9.17) is 27.9 Å². The number of urea groups is 1. The molecule has 0 bridgehead atoms. The van der Waals surface area contributed by atoms with E-state index in [2.05, 4.69) is 16.3 Å². The molecule has 0 unspecified atom stereocenters. The molecule has 3 aliphatic heterocycles. The van der Waals surface area contributed by atoms with Crippen molar-refractivity contribution in [3.8, 4) is 5.75 Å². The van der Waals surface area contributed by atoms with Gasteiger partial charge in [0.1, 0.15) is 18.4 Å². The highest BCUT2D eigenvalue weighted by Crippen LogP contribution is 2.36. The number of carbonyl (C=O) groups excluding carboxylic acids is 2. The molecule has 41 heavy (non-hydrogen) atoms. The van der Waals surface area contributed by atoms with Gasteiger partial charge in [-0.3, -0.25) is 9.69 Å². The van der Waals surface area contributed by atoms with Gasteiger partial charge in [-0.1, -0.05) is 35.3 Å². The van der Waals surface area contributed by atoms with Crippen LogP contribution in [0.1, 0.15) is 61.1 Å². The standard InChI is InChI=1S/C32H42Cl2N4O3/c1-23-20-26(33)7-6-25(23)21-29(35-32(40)38-14-4-5-15-38)31(39)37-16-10-24(11-17-37)28-9-8-27(34)22-30(28)41-19-18-36-12-2-3-13-36/h6-9,20,22,24,29H,2-5,10-19,21H2,1H3,(H,35,40)/t29-/m1/s1. The molecule has 3 amide bonds. The minimum atomic E-state index is -0.625. The molecule has 3 aliphatic rings.